The first-order valence-corrected chi connectivity index (χ1v) is 13.3. The third-order valence-electron chi connectivity index (χ3n) is 4.77. The number of hydrogen-bond acceptors (Lipinski definition) is 9. The monoisotopic (exact) mass is 538 g/mol. The van der Waals surface area contributed by atoms with Gasteiger partial charge in [0.05, 0.1) is 23.5 Å². The first-order valence-electron chi connectivity index (χ1n) is 11.8. The molecule has 0 saturated carbocycles. The van der Waals surface area contributed by atoms with Crippen molar-refractivity contribution in [3.63, 3.8) is 0 Å². The predicted molar refractivity (Wildman–Crippen MR) is 135 cm³/mol. The molecule has 0 bridgehead atoms. The van der Waals surface area contributed by atoms with Gasteiger partial charge in [-0.3, -0.25) is 14.9 Å². The lowest BCUT2D eigenvalue weighted by Gasteiger charge is -2.28. The second-order valence-corrected chi connectivity index (χ2v) is 10.6. The van der Waals surface area contributed by atoms with Gasteiger partial charge in [0.25, 0.3) is 5.69 Å². The van der Waals surface area contributed by atoms with E-state index in [1.807, 2.05) is 6.07 Å². The van der Waals surface area contributed by atoms with Crippen LogP contribution in [0.3, 0.4) is 0 Å². The highest BCUT2D eigenvalue weighted by Gasteiger charge is 2.34. The van der Waals surface area contributed by atoms with Crippen LogP contribution in [0.1, 0.15) is 46.6 Å². The van der Waals surface area contributed by atoms with Crippen LogP contribution in [0.15, 0.2) is 53.4 Å². The number of sulfonamides is 1. The van der Waals surface area contributed by atoms with Crippen LogP contribution in [0, 0.1) is 10.1 Å². The molecule has 0 amide bonds. The number of nitrogens with one attached hydrogen (secondary N) is 1. The maximum atomic E-state index is 13.5. The van der Waals surface area contributed by atoms with Gasteiger partial charge in [-0.1, -0.05) is 30.3 Å². The summed E-state index contributed by atoms with van der Waals surface area (Å²) in [5, 5.41) is 11.3. The normalized spacial score (nSPS) is 12.8. The molecule has 12 heteroatoms. The first kappa shape index (κ1) is 30.2. The van der Waals surface area contributed by atoms with Gasteiger partial charge in [0, 0.05) is 19.3 Å². The lowest BCUT2D eigenvalue weighted by atomic mass is 10.1. The molecule has 37 heavy (non-hydrogen) atoms. The smallest absolute Gasteiger partial charge is 0.308 e. The molecule has 0 fully saturated rings. The average Bonchev–Trinajstić information content (AvgIpc) is 2.81. The summed E-state index contributed by atoms with van der Waals surface area (Å²) in [6.07, 6.45) is -1.47. The molecule has 2 rings (SSSR count). The maximum absolute atomic E-state index is 13.5. The standard InChI is InChI=1S/C25H34N2O9S/c1-6-33-24(34-7-2)20(16-23(28)36-25(3,4)5)26-37(31,32)22-14-13-19(27(29)30)15-21(22)35-17-18-11-9-8-10-12-18/h8-15,20,24,26H,6-7,16-17H2,1-5H3. The van der Waals surface area contributed by atoms with Gasteiger partial charge in [-0.15, -0.1) is 0 Å². The van der Waals surface area contributed by atoms with Crippen molar-refractivity contribution in [3.8, 4) is 5.75 Å². The van der Waals surface area contributed by atoms with Gasteiger partial charge in [0.1, 0.15) is 22.9 Å². The molecule has 2 aromatic rings. The SMILES string of the molecule is CCOC(OCC)C(CC(=O)OC(C)(C)C)NS(=O)(=O)c1ccc([N+](=O)[O-])cc1OCc1ccccc1. The molecule has 0 heterocycles. The van der Waals surface area contributed by atoms with E-state index in [4.69, 9.17) is 18.9 Å². The lowest BCUT2D eigenvalue weighted by molar-refractivity contribution is -0.385. The van der Waals surface area contributed by atoms with E-state index in [1.54, 1.807) is 58.9 Å². The molecule has 1 N–H and O–H groups in total. The van der Waals surface area contributed by atoms with Gasteiger partial charge < -0.3 is 18.9 Å². The Morgan fingerprint density at radius 2 is 1.68 bits per heavy atom. The zero-order chi connectivity index (χ0) is 27.6. The number of hydrogen-bond donors (Lipinski definition) is 1. The van der Waals surface area contributed by atoms with Gasteiger partial charge >= 0.3 is 5.97 Å². The molecule has 0 radical (unpaired) electrons. The number of esters is 1. The third kappa shape index (κ3) is 9.73. The number of carbonyl (C=O) groups excluding carboxylic acids is 1. The molecule has 1 unspecified atom stereocenters. The Labute approximate surface area is 217 Å². The molecule has 0 saturated heterocycles. The van der Waals surface area contributed by atoms with E-state index in [1.165, 1.54) is 0 Å². The zero-order valence-electron chi connectivity index (χ0n) is 21.6. The van der Waals surface area contributed by atoms with Gasteiger partial charge in [-0.05, 0) is 46.2 Å². The lowest BCUT2D eigenvalue weighted by Crippen LogP contribution is -2.47. The second-order valence-electron chi connectivity index (χ2n) is 8.96. The van der Waals surface area contributed by atoms with Crippen LogP contribution >= 0.6 is 0 Å². The van der Waals surface area contributed by atoms with Gasteiger partial charge in [0.2, 0.25) is 10.0 Å². The van der Waals surface area contributed by atoms with E-state index < -0.39 is 38.8 Å². The van der Waals surface area contributed by atoms with E-state index in [0.717, 1.165) is 23.8 Å². The number of non-ortho nitro benzene ring substituents is 1. The number of carbonyl (C=O) groups is 1. The molecule has 204 valence electrons. The molecule has 0 aliphatic carbocycles. The van der Waals surface area contributed by atoms with Crippen molar-refractivity contribution in [2.75, 3.05) is 13.2 Å². The van der Waals surface area contributed by atoms with Crippen LogP contribution in [0.2, 0.25) is 0 Å². The van der Waals surface area contributed by atoms with Crippen molar-refractivity contribution in [3.05, 3.63) is 64.2 Å². The molecular formula is C25H34N2O9S. The number of nitro groups is 1. The fourth-order valence-corrected chi connectivity index (χ4v) is 4.66. The van der Waals surface area contributed by atoms with Gasteiger partial charge in [-0.25, -0.2) is 13.1 Å². The minimum atomic E-state index is -4.37. The van der Waals surface area contributed by atoms with Crippen LogP contribution in [-0.2, 0) is 35.6 Å². The van der Waals surface area contributed by atoms with Crippen molar-refractivity contribution in [2.45, 2.75) is 70.5 Å². The van der Waals surface area contributed by atoms with E-state index in [2.05, 4.69) is 4.72 Å². The Balaban J connectivity index is 2.42. The minimum absolute atomic E-state index is 0.0214. The van der Waals surface area contributed by atoms with Crippen LogP contribution in [0.25, 0.3) is 0 Å². The van der Waals surface area contributed by atoms with E-state index >= 15 is 0 Å². The van der Waals surface area contributed by atoms with Crippen molar-refractivity contribution in [2.24, 2.45) is 0 Å². The summed E-state index contributed by atoms with van der Waals surface area (Å²) in [5.41, 5.74) is -0.390. The molecule has 0 aliphatic rings. The van der Waals surface area contributed by atoms with Gasteiger partial charge in [-0.2, -0.15) is 0 Å². The topological polar surface area (TPSA) is 143 Å². The minimum Gasteiger partial charge on any atom is -0.487 e. The summed E-state index contributed by atoms with van der Waals surface area (Å²) in [4.78, 5) is 22.9. The number of rotatable bonds is 14. The van der Waals surface area contributed by atoms with Crippen LogP contribution in [0.5, 0.6) is 5.75 Å². The van der Waals surface area contributed by atoms with E-state index in [9.17, 15) is 23.3 Å². The van der Waals surface area contributed by atoms with Crippen molar-refractivity contribution in [1.29, 1.82) is 0 Å². The second kappa shape index (κ2) is 13.5. The van der Waals surface area contributed by atoms with E-state index in [0.29, 0.717) is 0 Å². The van der Waals surface area contributed by atoms with Crippen LogP contribution < -0.4 is 9.46 Å². The summed E-state index contributed by atoms with van der Waals surface area (Å²) in [7, 11) is -4.37. The molecule has 0 spiro atoms. The number of nitrogens with zero attached hydrogens (tertiary/aromatic N) is 1. The Morgan fingerprint density at radius 3 is 2.22 bits per heavy atom. The third-order valence-corrected chi connectivity index (χ3v) is 6.30. The Morgan fingerprint density at radius 1 is 1.05 bits per heavy atom. The number of ether oxygens (including phenoxy) is 4. The largest absolute Gasteiger partial charge is 0.487 e. The van der Waals surface area contributed by atoms with Crippen molar-refractivity contribution >= 4 is 21.7 Å². The zero-order valence-corrected chi connectivity index (χ0v) is 22.4. The summed E-state index contributed by atoms with van der Waals surface area (Å²) in [6.45, 7) is 8.86. The Hall–Kier alpha value is -3.06. The molecule has 11 nitrogen and oxygen atoms in total. The van der Waals surface area contributed by atoms with Crippen LogP contribution in [0.4, 0.5) is 5.69 Å². The highest BCUT2D eigenvalue weighted by Crippen LogP contribution is 2.30. The Kier molecular flexibility index (Phi) is 11.0. The van der Waals surface area contributed by atoms with Crippen molar-refractivity contribution < 1.29 is 37.1 Å². The number of benzene rings is 2. The van der Waals surface area contributed by atoms with E-state index in [-0.39, 0.29) is 42.6 Å². The van der Waals surface area contributed by atoms with Crippen molar-refractivity contribution in [1.82, 2.24) is 4.72 Å². The quantitative estimate of drug-likeness (QED) is 0.164. The summed E-state index contributed by atoms with van der Waals surface area (Å²) in [6, 6.07) is 11.0. The van der Waals surface area contributed by atoms with Gasteiger partial charge in [0.15, 0.2) is 6.29 Å². The molecule has 0 aliphatic heterocycles. The average molecular weight is 539 g/mol. The highest BCUT2D eigenvalue weighted by atomic mass is 32.2. The summed E-state index contributed by atoms with van der Waals surface area (Å²) >= 11 is 0. The molecule has 2 aromatic carbocycles. The molecule has 0 aromatic heterocycles. The predicted octanol–water partition coefficient (Wildman–Crippen LogP) is 3.95. The Bertz CT molecular complexity index is 1140. The summed E-state index contributed by atoms with van der Waals surface area (Å²) in [5.74, 6) is -0.875. The van der Waals surface area contributed by atoms with Crippen LogP contribution in [-0.4, -0.2) is 50.5 Å². The first-order chi connectivity index (χ1) is 17.4. The maximum Gasteiger partial charge on any atom is 0.308 e. The molecular weight excluding hydrogens is 504 g/mol. The molecule has 1 atom stereocenters. The highest BCUT2D eigenvalue weighted by molar-refractivity contribution is 7.89. The fraction of sp³-hybridized carbons (Fsp3) is 0.480. The fourth-order valence-electron chi connectivity index (χ4n) is 3.31. The summed E-state index contributed by atoms with van der Waals surface area (Å²) < 4.78 is 51.7. The number of nitro benzene ring substituents is 1.